The average Bonchev–Trinajstić information content (AvgIpc) is 2.38. The van der Waals surface area contributed by atoms with E-state index in [1.54, 1.807) is 12.1 Å². The molecule has 1 aromatic heterocycles. The Morgan fingerprint density at radius 2 is 2.11 bits per heavy atom. The lowest BCUT2D eigenvalue weighted by molar-refractivity contribution is -0.385. The Morgan fingerprint density at radius 1 is 1.37 bits per heavy atom. The van der Waals surface area contributed by atoms with E-state index in [4.69, 9.17) is 10.5 Å². The molecule has 0 unspecified atom stereocenters. The van der Waals surface area contributed by atoms with E-state index in [0.29, 0.717) is 12.2 Å². The van der Waals surface area contributed by atoms with E-state index in [-0.39, 0.29) is 23.1 Å². The monoisotopic (exact) mass is 260 g/mol. The summed E-state index contributed by atoms with van der Waals surface area (Å²) in [5, 5.41) is 10.9. The first-order valence-corrected chi connectivity index (χ1v) is 5.65. The van der Waals surface area contributed by atoms with Crippen LogP contribution < -0.4 is 10.5 Å². The smallest absolute Gasteiger partial charge is 0.311 e. The summed E-state index contributed by atoms with van der Waals surface area (Å²) in [4.78, 5) is 18.5. The highest BCUT2D eigenvalue weighted by Gasteiger charge is 2.15. The summed E-state index contributed by atoms with van der Waals surface area (Å²) in [5.74, 6) is 1.10. The van der Waals surface area contributed by atoms with Gasteiger partial charge in [-0.05, 0) is 6.07 Å². The van der Waals surface area contributed by atoms with E-state index in [1.807, 2.05) is 6.92 Å². The van der Waals surface area contributed by atoms with Gasteiger partial charge in [0.25, 0.3) is 0 Å². The Labute approximate surface area is 109 Å². The Hall–Kier alpha value is -2.70. The highest BCUT2D eigenvalue weighted by Crippen LogP contribution is 2.30. The van der Waals surface area contributed by atoms with Gasteiger partial charge in [0.05, 0.1) is 4.92 Å². The van der Waals surface area contributed by atoms with Crippen molar-refractivity contribution in [3.8, 4) is 11.6 Å². The van der Waals surface area contributed by atoms with E-state index in [9.17, 15) is 10.1 Å². The molecule has 0 radical (unpaired) electrons. The highest BCUT2D eigenvalue weighted by atomic mass is 16.6. The number of hydrogen-bond acceptors (Lipinski definition) is 6. The number of nitrogens with zero attached hydrogens (tertiary/aromatic N) is 3. The molecule has 0 spiro atoms. The SMILES string of the molecule is CCc1nc(N)cc(Oc2ccccc2[N+](=O)[O-])n1. The number of ether oxygens (including phenoxy) is 1. The van der Waals surface area contributed by atoms with Crippen molar-refractivity contribution in [2.75, 3.05) is 5.73 Å². The van der Waals surface area contributed by atoms with E-state index >= 15 is 0 Å². The van der Waals surface area contributed by atoms with Crippen molar-refractivity contribution in [1.29, 1.82) is 0 Å². The molecule has 0 saturated carbocycles. The molecule has 2 rings (SSSR count). The van der Waals surface area contributed by atoms with Gasteiger partial charge in [-0.3, -0.25) is 10.1 Å². The predicted molar refractivity (Wildman–Crippen MR) is 69.0 cm³/mol. The molecule has 0 aliphatic heterocycles. The van der Waals surface area contributed by atoms with Crippen molar-refractivity contribution in [2.24, 2.45) is 0 Å². The van der Waals surface area contributed by atoms with Crippen LogP contribution in [0.3, 0.4) is 0 Å². The number of para-hydroxylation sites is 2. The normalized spacial score (nSPS) is 10.2. The van der Waals surface area contributed by atoms with Gasteiger partial charge in [0, 0.05) is 18.6 Å². The van der Waals surface area contributed by atoms with E-state index < -0.39 is 4.92 Å². The molecule has 2 N–H and O–H groups in total. The molecule has 1 heterocycles. The van der Waals surface area contributed by atoms with Crippen LogP contribution in [-0.4, -0.2) is 14.9 Å². The summed E-state index contributed by atoms with van der Waals surface area (Å²) in [5.41, 5.74) is 5.49. The lowest BCUT2D eigenvalue weighted by Crippen LogP contribution is -2.01. The van der Waals surface area contributed by atoms with Gasteiger partial charge >= 0.3 is 5.69 Å². The zero-order chi connectivity index (χ0) is 13.8. The number of rotatable bonds is 4. The van der Waals surface area contributed by atoms with Gasteiger partial charge in [0.2, 0.25) is 11.6 Å². The second-order valence-electron chi connectivity index (χ2n) is 3.73. The summed E-state index contributed by atoms with van der Waals surface area (Å²) < 4.78 is 5.42. The quantitative estimate of drug-likeness (QED) is 0.668. The van der Waals surface area contributed by atoms with Gasteiger partial charge in [-0.1, -0.05) is 19.1 Å². The van der Waals surface area contributed by atoms with Crippen molar-refractivity contribution >= 4 is 11.5 Å². The van der Waals surface area contributed by atoms with Gasteiger partial charge in [-0.25, -0.2) is 4.98 Å². The lowest BCUT2D eigenvalue weighted by Gasteiger charge is -2.07. The summed E-state index contributed by atoms with van der Waals surface area (Å²) in [6, 6.07) is 7.50. The average molecular weight is 260 g/mol. The number of aromatic nitrogens is 2. The highest BCUT2D eigenvalue weighted by molar-refractivity contribution is 5.48. The molecule has 0 bridgehead atoms. The number of hydrogen-bond donors (Lipinski definition) is 1. The minimum absolute atomic E-state index is 0.118. The number of nitro groups is 1. The number of benzene rings is 1. The topological polar surface area (TPSA) is 104 Å². The molecule has 0 atom stereocenters. The Bertz CT molecular complexity index is 616. The molecular formula is C12H12N4O3. The fourth-order valence-electron chi connectivity index (χ4n) is 1.51. The van der Waals surface area contributed by atoms with Crippen LogP contribution in [0, 0.1) is 10.1 Å². The van der Waals surface area contributed by atoms with Crippen LogP contribution >= 0.6 is 0 Å². The maximum absolute atomic E-state index is 10.9. The zero-order valence-corrected chi connectivity index (χ0v) is 10.2. The summed E-state index contributed by atoms with van der Waals surface area (Å²) in [6.07, 6.45) is 0.596. The molecular weight excluding hydrogens is 248 g/mol. The molecule has 1 aromatic carbocycles. The fraction of sp³-hybridized carbons (Fsp3) is 0.167. The first-order valence-electron chi connectivity index (χ1n) is 5.65. The Morgan fingerprint density at radius 3 is 2.79 bits per heavy atom. The second kappa shape index (κ2) is 5.30. The number of nitro benzene ring substituents is 1. The van der Waals surface area contributed by atoms with Crippen LogP contribution in [-0.2, 0) is 6.42 Å². The van der Waals surface area contributed by atoms with Crippen molar-refractivity contribution in [3.05, 3.63) is 46.3 Å². The summed E-state index contributed by atoms with van der Waals surface area (Å²) in [7, 11) is 0. The molecule has 2 aromatic rings. The van der Waals surface area contributed by atoms with Crippen molar-refractivity contribution < 1.29 is 9.66 Å². The summed E-state index contributed by atoms with van der Waals surface area (Å²) in [6.45, 7) is 1.88. The number of aryl methyl sites for hydroxylation is 1. The molecule has 98 valence electrons. The maximum Gasteiger partial charge on any atom is 0.311 e. The molecule has 7 nitrogen and oxygen atoms in total. The van der Waals surface area contributed by atoms with E-state index in [0.717, 1.165) is 0 Å². The predicted octanol–water partition coefficient (Wildman–Crippen LogP) is 2.32. The number of nitrogens with two attached hydrogens (primary N) is 1. The van der Waals surface area contributed by atoms with Gasteiger partial charge in [-0.2, -0.15) is 4.98 Å². The van der Waals surface area contributed by atoms with Gasteiger partial charge in [0.15, 0.2) is 0 Å². The molecule has 0 fully saturated rings. The third kappa shape index (κ3) is 2.95. The molecule has 0 amide bonds. The van der Waals surface area contributed by atoms with Crippen LogP contribution in [0.2, 0.25) is 0 Å². The molecule has 0 aliphatic carbocycles. The number of anilines is 1. The first kappa shape index (κ1) is 12.7. The van der Waals surface area contributed by atoms with Crippen molar-refractivity contribution in [3.63, 3.8) is 0 Å². The van der Waals surface area contributed by atoms with Gasteiger partial charge in [-0.15, -0.1) is 0 Å². The lowest BCUT2D eigenvalue weighted by atomic mass is 10.3. The maximum atomic E-state index is 10.9. The van der Waals surface area contributed by atoms with Crippen molar-refractivity contribution in [1.82, 2.24) is 9.97 Å². The minimum Gasteiger partial charge on any atom is -0.432 e. The van der Waals surface area contributed by atoms with Crippen LogP contribution in [0.5, 0.6) is 11.6 Å². The largest absolute Gasteiger partial charge is 0.432 e. The van der Waals surface area contributed by atoms with Crippen molar-refractivity contribution in [2.45, 2.75) is 13.3 Å². The molecule has 0 aliphatic rings. The molecule has 7 heteroatoms. The van der Waals surface area contributed by atoms with Crippen LogP contribution in [0.25, 0.3) is 0 Å². The van der Waals surface area contributed by atoms with E-state index in [1.165, 1.54) is 18.2 Å². The summed E-state index contributed by atoms with van der Waals surface area (Å²) >= 11 is 0. The zero-order valence-electron chi connectivity index (χ0n) is 10.2. The molecule has 19 heavy (non-hydrogen) atoms. The third-order valence-electron chi connectivity index (χ3n) is 2.36. The van der Waals surface area contributed by atoms with E-state index in [2.05, 4.69) is 9.97 Å². The standard InChI is InChI=1S/C12H12N4O3/c1-2-11-14-10(13)7-12(15-11)19-9-6-4-3-5-8(9)16(17)18/h3-7H,2H2,1H3,(H2,13,14,15). The third-order valence-corrected chi connectivity index (χ3v) is 2.36. The number of nitrogen functional groups attached to an aromatic ring is 1. The minimum atomic E-state index is -0.513. The van der Waals surface area contributed by atoms with Gasteiger partial charge < -0.3 is 10.5 Å². The Kier molecular flexibility index (Phi) is 3.56. The van der Waals surface area contributed by atoms with Crippen LogP contribution in [0.15, 0.2) is 30.3 Å². The van der Waals surface area contributed by atoms with Crippen LogP contribution in [0.1, 0.15) is 12.7 Å². The fourth-order valence-corrected chi connectivity index (χ4v) is 1.51. The van der Waals surface area contributed by atoms with Gasteiger partial charge in [0.1, 0.15) is 11.6 Å². The Balaban J connectivity index is 2.36. The first-order chi connectivity index (χ1) is 9.10. The second-order valence-corrected chi connectivity index (χ2v) is 3.73. The molecule has 0 saturated heterocycles. The van der Waals surface area contributed by atoms with Crippen LogP contribution in [0.4, 0.5) is 11.5 Å².